The molecule has 1 aromatic carbocycles. The molecule has 0 unspecified atom stereocenters. The minimum absolute atomic E-state index is 0.245. The Balaban J connectivity index is 2.57. The lowest BCUT2D eigenvalue weighted by Crippen LogP contribution is -2.10. The lowest BCUT2D eigenvalue weighted by atomic mass is 10.1. The Labute approximate surface area is 80.4 Å². The van der Waals surface area contributed by atoms with Gasteiger partial charge >= 0.3 is 0 Å². The van der Waals surface area contributed by atoms with Crippen molar-refractivity contribution < 1.29 is 0 Å². The molecule has 0 amide bonds. The number of rotatable bonds is 3. The van der Waals surface area contributed by atoms with E-state index in [1.54, 1.807) is 0 Å². The summed E-state index contributed by atoms with van der Waals surface area (Å²) in [5.41, 5.74) is 6.46. The van der Waals surface area contributed by atoms with E-state index in [4.69, 9.17) is 11.1 Å². The normalized spacial score (nSPS) is 9.75. The Kier molecular flexibility index (Phi) is 3.29. The smallest absolute Gasteiger partial charge is 0.0908 e. The van der Waals surface area contributed by atoms with Gasteiger partial charge in [-0.3, -0.25) is 5.41 Å². The molecule has 0 atom stereocenters. The average Bonchev–Trinajstić information content (AvgIpc) is 2.01. The van der Waals surface area contributed by atoms with Crippen molar-refractivity contribution in [3.05, 3.63) is 34.3 Å². The van der Waals surface area contributed by atoms with Crippen LogP contribution in [0.15, 0.2) is 28.7 Å². The number of nitrogens with one attached hydrogen (secondary N) is 1. The third-order valence-electron chi connectivity index (χ3n) is 1.57. The molecule has 0 saturated carbocycles. The number of halogens is 1. The molecule has 0 aliphatic heterocycles. The van der Waals surface area contributed by atoms with E-state index in [0.29, 0.717) is 6.42 Å². The van der Waals surface area contributed by atoms with Gasteiger partial charge in [0.2, 0.25) is 0 Å². The molecule has 1 aromatic rings. The van der Waals surface area contributed by atoms with Crippen LogP contribution in [0.1, 0.15) is 12.0 Å². The lowest BCUT2D eigenvalue weighted by Gasteiger charge is -1.99. The Morgan fingerprint density at radius 1 is 1.50 bits per heavy atom. The van der Waals surface area contributed by atoms with E-state index in [2.05, 4.69) is 15.9 Å². The van der Waals surface area contributed by atoms with Crippen molar-refractivity contribution in [2.75, 3.05) is 0 Å². The molecule has 2 nitrogen and oxygen atoms in total. The monoisotopic (exact) mass is 226 g/mol. The molecule has 3 N–H and O–H groups in total. The molecule has 12 heavy (non-hydrogen) atoms. The zero-order valence-electron chi connectivity index (χ0n) is 6.68. The van der Waals surface area contributed by atoms with Crippen LogP contribution in [0, 0.1) is 5.41 Å². The van der Waals surface area contributed by atoms with Gasteiger partial charge in [-0.25, -0.2) is 0 Å². The topological polar surface area (TPSA) is 49.9 Å². The highest BCUT2D eigenvalue weighted by molar-refractivity contribution is 9.10. The van der Waals surface area contributed by atoms with Crippen LogP contribution in [-0.4, -0.2) is 5.84 Å². The number of hydrogen-bond acceptors (Lipinski definition) is 1. The summed E-state index contributed by atoms with van der Waals surface area (Å²) >= 11 is 3.38. The van der Waals surface area contributed by atoms with Gasteiger partial charge < -0.3 is 5.73 Å². The molecular weight excluding hydrogens is 216 g/mol. The summed E-state index contributed by atoms with van der Waals surface area (Å²) < 4.78 is 1.07. The summed E-state index contributed by atoms with van der Waals surface area (Å²) in [5, 5.41) is 7.06. The van der Waals surface area contributed by atoms with Gasteiger partial charge in [0.25, 0.3) is 0 Å². The maximum Gasteiger partial charge on any atom is 0.0908 e. The van der Waals surface area contributed by atoms with Crippen LogP contribution in [0.2, 0.25) is 0 Å². The molecule has 0 aromatic heterocycles. The molecule has 0 bridgehead atoms. The molecule has 0 heterocycles. The second-order valence-corrected chi connectivity index (χ2v) is 3.57. The van der Waals surface area contributed by atoms with Gasteiger partial charge in [-0.2, -0.15) is 0 Å². The third kappa shape index (κ3) is 3.05. The van der Waals surface area contributed by atoms with E-state index in [1.807, 2.05) is 24.3 Å². The number of benzene rings is 1. The van der Waals surface area contributed by atoms with Gasteiger partial charge in [0.15, 0.2) is 0 Å². The van der Waals surface area contributed by atoms with Gasteiger partial charge in [0.1, 0.15) is 0 Å². The molecule has 0 saturated heterocycles. The van der Waals surface area contributed by atoms with E-state index < -0.39 is 0 Å². The third-order valence-corrected chi connectivity index (χ3v) is 2.07. The number of aryl methyl sites for hydroxylation is 1. The summed E-state index contributed by atoms with van der Waals surface area (Å²) in [7, 11) is 0. The molecule has 0 fully saturated rings. The van der Waals surface area contributed by atoms with Crippen molar-refractivity contribution in [1.29, 1.82) is 5.41 Å². The van der Waals surface area contributed by atoms with E-state index in [1.165, 1.54) is 5.56 Å². The number of nitrogens with two attached hydrogens (primary N) is 1. The second-order valence-electron chi connectivity index (χ2n) is 2.66. The predicted octanol–water partition coefficient (Wildman–Crippen LogP) is 2.32. The van der Waals surface area contributed by atoms with Crippen molar-refractivity contribution in [1.82, 2.24) is 0 Å². The van der Waals surface area contributed by atoms with Crippen LogP contribution < -0.4 is 5.73 Å². The Morgan fingerprint density at radius 2 is 2.25 bits per heavy atom. The van der Waals surface area contributed by atoms with Crippen LogP contribution in [-0.2, 0) is 6.42 Å². The molecule has 3 heteroatoms. The first kappa shape index (κ1) is 9.26. The fourth-order valence-corrected chi connectivity index (χ4v) is 1.42. The maximum atomic E-state index is 7.06. The number of amidine groups is 1. The zero-order chi connectivity index (χ0) is 8.97. The van der Waals surface area contributed by atoms with E-state index >= 15 is 0 Å². The fraction of sp³-hybridized carbons (Fsp3) is 0.222. The summed E-state index contributed by atoms with van der Waals surface area (Å²) in [4.78, 5) is 0. The molecule has 0 spiro atoms. The van der Waals surface area contributed by atoms with E-state index in [-0.39, 0.29) is 5.84 Å². The summed E-state index contributed by atoms with van der Waals surface area (Å²) in [5.74, 6) is 0.245. The molecule has 0 radical (unpaired) electrons. The standard InChI is InChI=1S/C9H11BrN2/c10-8-3-1-2-7(6-8)4-5-9(11)12/h1-3,6H,4-5H2,(H3,11,12). The first-order valence-corrected chi connectivity index (χ1v) is 4.55. The van der Waals surface area contributed by atoms with Crippen LogP contribution >= 0.6 is 15.9 Å². The van der Waals surface area contributed by atoms with Crippen molar-refractivity contribution in [2.24, 2.45) is 5.73 Å². The van der Waals surface area contributed by atoms with Crippen LogP contribution in [0.25, 0.3) is 0 Å². The van der Waals surface area contributed by atoms with Crippen LogP contribution in [0.4, 0.5) is 0 Å². The highest BCUT2D eigenvalue weighted by Crippen LogP contribution is 2.12. The summed E-state index contributed by atoms with van der Waals surface area (Å²) in [6.45, 7) is 0. The van der Waals surface area contributed by atoms with E-state index in [9.17, 15) is 0 Å². The fourth-order valence-electron chi connectivity index (χ4n) is 0.971. The quantitative estimate of drug-likeness (QED) is 0.604. The van der Waals surface area contributed by atoms with Crippen LogP contribution in [0.3, 0.4) is 0 Å². The van der Waals surface area contributed by atoms with Crippen molar-refractivity contribution in [2.45, 2.75) is 12.8 Å². The molecule has 0 aliphatic rings. The highest BCUT2D eigenvalue weighted by atomic mass is 79.9. The molecule has 1 rings (SSSR count). The van der Waals surface area contributed by atoms with Gasteiger partial charge in [0, 0.05) is 10.9 Å². The average molecular weight is 227 g/mol. The Bertz CT molecular complexity index is 284. The minimum Gasteiger partial charge on any atom is -0.388 e. The van der Waals surface area contributed by atoms with Crippen molar-refractivity contribution >= 4 is 21.8 Å². The van der Waals surface area contributed by atoms with Gasteiger partial charge in [-0.1, -0.05) is 28.1 Å². The summed E-state index contributed by atoms with van der Waals surface area (Å²) in [6, 6.07) is 8.05. The van der Waals surface area contributed by atoms with Gasteiger partial charge in [-0.05, 0) is 24.1 Å². The zero-order valence-corrected chi connectivity index (χ0v) is 8.26. The first-order chi connectivity index (χ1) is 5.68. The maximum absolute atomic E-state index is 7.06. The molecule has 64 valence electrons. The number of hydrogen-bond donors (Lipinski definition) is 2. The Hall–Kier alpha value is -0.830. The SMILES string of the molecule is N=C(N)CCc1cccc(Br)c1. The largest absolute Gasteiger partial charge is 0.388 e. The first-order valence-electron chi connectivity index (χ1n) is 3.76. The van der Waals surface area contributed by atoms with Gasteiger partial charge in [0.05, 0.1) is 5.84 Å². The Morgan fingerprint density at radius 3 is 2.83 bits per heavy atom. The lowest BCUT2D eigenvalue weighted by molar-refractivity contribution is 1.02. The highest BCUT2D eigenvalue weighted by Gasteiger charge is 1.94. The van der Waals surface area contributed by atoms with Crippen molar-refractivity contribution in [3.8, 4) is 0 Å². The predicted molar refractivity (Wildman–Crippen MR) is 54.4 cm³/mol. The molecular formula is C9H11BrN2. The van der Waals surface area contributed by atoms with Gasteiger partial charge in [-0.15, -0.1) is 0 Å². The second kappa shape index (κ2) is 4.26. The van der Waals surface area contributed by atoms with Crippen LogP contribution in [0.5, 0.6) is 0 Å². The summed E-state index contributed by atoms with van der Waals surface area (Å²) in [6.07, 6.45) is 1.48. The van der Waals surface area contributed by atoms with Crippen molar-refractivity contribution in [3.63, 3.8) is 0 Å². The minimum atomic E-state index is 0.245. The van der Waals surface area contributed by atoms with E-state index in [0.717, 1.165) is 10.9 Å². The molecule has 0 aliphatic carbocycles.